The Morgan fingerprint density at radius 2 is 1.17 bits per heavy atom. The number of hydrogen-bond acceptors (Lipinski definition) is 9. The molecule has 1 N–H and O–H groups in total. The van der Waals surface area contributed by atoms with Crippen molar-refractivity contribution in [3.05, 3.63) is 0 Å². The zero-order valence-corrected chi connectivity index (χ0v) is 31.3. The highest BCUT2D eigenvalue weighted by Crippen LogP contribution is 2.39. The first-order chi connectivity index (χ1) is 22.4. The van der Waals surface area contributed by atoms with Crippen LogP contribution in [0.3, 0.4) is 0 Å². The number of isocyanates is 1. The van der Waals surface area contributed by atoms with Crippen LogP contribution in [0.2, 0.25) is 26.2 Å². The summed E-state index contributed by atoms with van der Waals surface area (Å²) in [7, 11) is -5.73. The van der Waals surface area contributed by atoms with Crippen molar-refractivity contribution in [1.29, 1.82) is 5.26 Å². The Labute approximate surface area is 284 Å². The molecule has 10 nitrogen and oxygen atoms in total. The van der Waals surface area contributed by atoms with Gasteiger partial charge >= 0.3 is 23.2 Å². The van der Waals surface area contributed by atoms with Gasteiger partial charge in [0.05, 0.1) is 6.04 Å². The number of carbonyl (C=O) groups excluding carboxylic acids is 3. The first kappa shape index (κ1) is 37.6. The Morgan fingerprint density at radius 1 is 0.702 bits per heavy atom. The summed E-state index contributed by atoms with van der Waals surface area (Å²) in [5.41, 5.74) is 0. The van der Waals surface area contributed by atoms with E-state index in [0.29, 0.717) is 24.2 Å². The molecule has 264 valence electrons. The van der Waals surface area contributed by atoms with Crippen molar-refractivity contribution < 1.29 is 32.1 Å². The Morgan fingerprint density at radius 3 is 1.70 bits per heavy atom. The number of aliphatic imine (C=N–C) groups is 1. The van der Waals surface area contributed by atoms with Crippen molar-refractivity contribution in [3.63, 3.8) is 0 Å². The number of nitrogens with one attached hydrogen (secondary N) is 1. The second kappa shape index (κ2) is 18.0. The van der Waals surface area contributed by atoms with E-state index in [4.69, 9.17) is 23.0 Å². The molecule has 0 unspecified atom stereocenters. The van der Waals surface area contributed by atoms with Gasteiger partial charge in [-0.25, -0.2) is 14.6 Å². The third-order valence-electron chi connectivity index (χ3n) is 11.2. The molecule has 0 saturated heterocycles. The molecule has 4 aliphatic carbocycles. The molecule has 0 aliphatic heterocycles. The van der Waals surface area contributed by atoms with Crippen molar-refractivity contribution in [2.24, 2.45) is 34.6 Å². The van der Waals surface area contributed by atoms with Crippen LogP contribution >= 0.6 is 0 Å². The second-order valence-electron chi connectivity index (χ2n) is 15.9. The van der Waals surface area contributed by atoms with Crippen LogP contribution in [0.4, 0.5) is 4.79 Å². The molecular weight excluding hydrogens is 631 g/mol. The molecule has 1 amide bonds. The lowest BCUT2D eigenvalue weighted by atomic mass is 9.74. The minimum absolute atomic E-state index is 0.110. The molecule has 0 bridgehead atoms. The van der Waals surface area contributed by atoms with Crippen molar-refractivity contribution in [1.82, 2.24) is 5.32 Å². The monoisotopic (exact) mass is 689 g/mol. The minimum Gasteiger partial charge on any atom is -0.495 e. The van der Waals surface area contributed by atoms with Gasteiger partial charge in [-0.1, -0.05) is 12.8 Å². The summed E-state index contributed by atoms with van der Waals surface area (Å²) in [6.07, 6.45) is 23.2. The fourth-order valence-corrected chi connectivity index (χ4v) is 15.1. The third kappa shape index (κ3) is 13.3. The number of rotatable bonds is 13. The van der Waals surface area contributed by atoms with Crippen LogP contribution in [0.1, 0.15) is 122 Å². The van der Waals surface area contributed by atoms with Crippen LogP contribution in [0.15, 0.2) is 4.99 Å². The van der Waals surface area contributed by atoms with E-state index in [1.54, 1.807) is 6.08 Å². The zero-order chi connectivity index (χ0) is 33.9. The van der Waals surface area contributed by atoms with Gasteiger partial charge in [0.1, 0.15) is 6.10 Å². The van der Waals surface area contributed by atoms with Crippen LogP contribution in [-0.4, -0.2) is 53.5 Å². The molecule has 0 aromatic heterocycles. The van der Waals surface area contributed by atoms with Crippen molar-refractivity contribution in [3.8, 4) is 6.26 Å². The highest BCUT2D eigenvalue weighted by Gasteiger charge is 2.42. The Hall–Kier alpha value is -2.20. The predicted molar refractivity (Wildman–Crippen MR) is 183 cm³/mol. The maximum atomic E-state index is 12.9. The van der Waals surface area contributed by atoms with Crippen LogP contribution in [0.5, 0.6) is 0 Å². The van der Waals surface area contributed by atoms with Crippen molar-refractivity contribution in [2.45, 2.75) is 166 Å². The number of nitrogens with zero attached hydrogens (tertiary/aromatic N) is 2. The van der Waals surface area contributed by atoms with Gasteiger partial charge in [-0.05, 0) is 159 Å². The van der Waals surface area contributed by atoms with E-state index in [0.717, 1.165) is 115 Å². The van der Waals surface area contributed by atoms with Gasteiger partial charge < -0.3 is 23.0 Å². The first-order valence-electron chi connectivity index (χ1n) is 18.4. The zero-order valence-electron chi connectivity index (χ0n) is 29.3. The first-order valence-corrected chi connectivity index (χ1v) is 24.1. The minimum atomic E-state index is -2.88. The molecule has 0 radical (unpaired) electrons. The standard InChI is InChI=1S/C35H59N3O7Si2/c1-46(2,43-34(40)23-30-7-5-26(6-8-30)21-29-13-19-33(20-14-29)42-24-36)45-47(3,4)44-35(41)38-32-17-11-28(12-18-32)22-27-9-15-31(16-10-27)37-25-39/h26-33H,5-23H2,1-4H3,(H,38,41). The third-order valence-corrected chi connectivity index (χ3v) is 16.5. The summed E-state index contributed by atoms with van der Waals surface area (Å²) in [6.45, 7) is 7.39. The fraction of sp³-hybridized carbons (Fsp3) is 0.886. The summed E-state index contributed by atoms with van der Waals surface area (Å²) < 4.78 is 23.2. The molecule has 0 aromatic rings. The highest BCUT2D eigenvalue weighted by molar-refractivity contribution is 6.80. The maximum Gasteiger partial charge on any atom is 0.395 e. The average molecular weight is 690 g/mol. The molecule has 0 spiro atoms. The SMILES string of the molecule is C[Si](C)(OC(=O)CC1CCC(CC2CCC(OC#N)CC2)CC1)O[Si](C)(C)OC(=O)NC1CCC(CC2CCC(N=C=O)CC2)CC1. The normalized spacial score (nSPS) is 31.8. The van der Waals surface area contributed by atoms with E-state index in [1.807, 2.05) is 32.4 Å². The summed E-state index contributed by atoms with van der Waals surface area (Å²) in [4.78, 5) is 40.2. The molecular formula is C35H59N3O7Si2. The number of ether oxygens (including phenoxy) is 1. The van der Waals surface area contributed by atoms with Crippen LogP contribution in [-0.2, 0) is 27.3 Å². The average Bonchev–Trinajstić information content (AvgIpc) is 3.00. The molecule has 0 atom stereocenters. The lowest BCUT2D eigenvalue weighted by molar-refractivity contribution is -0.137. The lowest BCUT2D eigenvalue weighted by Crippen LogP contribution is -2.52. The van der Waals surface area contributed by atoms with Gasteiger partial charge in [-0.2, -0.15) is 5.26 Å². The largest absolute Gasteiger partial charge is 0.495 e. The molecule has 4 fully saturated rings. The van der Waals surface area contributed by atoms with Gasteiger partial charge in [-0.3, -0.25) is 4.79 Å². The van der Waals surface area contributed by atoms with E-state index in [9.17, 15) is 14.4 Å². The van der Waals surface area contributed by atoms with Gasteiger partial charge in [0, 0.05) is 12.5 Å². The van der Waals surface area contributed by atoms with Crippen LogP contribution in [0, 0.1) is 41.1 Å². The number of amides is 1. The van der Waals surface area contributed by atoms with Crippen molar-refractivity contribution >= 4 is 35.3 Å². The van der Waals surface area contributed by atoms with Crippen molar-refractivity contribution in [2.75, 3.05) is 0 Å². The van der Waals surface area contributed by atoms with Crippen LogP contribution in [0.25, 0.3) is 0 Å². The second-order valence-corrected chi connectivity index (χ2v) is 22.8. The van der Waals surface area contributed by atoms with Gasteiger partial charge in [0.2, 0.25) is 6.08 Å². The summed E-state index contributed by atoms with van der Waals surface area (Å²) in [5.74, 6) is 3.01. The van der Waals surface area contributed by atoms with E-state index >= 15 is 0 Å². The Balaban J connectivity index is 1.08. The molecule has 4 saturated carbocycles. The molecule has 12 heteroatoms. The summed E-state index contributed by atoms with van der Waals surface area (Å²) in [5, 5.41) is 11.8. The quantitative estimate of drug-likeness (QED) is 0.0885. The fourth-order valence-electron chi connectivity index (χ4n) is 8.91. The summed E-state index contributed by atoms with van der Waals surface area (Å²) >= 11 is 0. The highest BCUT2D eigenvalue weighted by atomic mass is 28.5. The van der Waals surface area contributed by atoms with Gasteiger partial charge in [0.25, 0.3) is 12.2 Å². The Kier molecular flexibility index (Phi) is 14.4. The number of nitriles is 1. The van der Waals surface area contributed by atoms with E-state index in [2.05, 4.69) is 10.3 Å². The summed E-state index contributed by atoms with van der Waals surface area (Å²) in [6, 6.07) is 0.278. The number of carbonyl (C=O) groups is 2. The molecule has 0 aromatic carbocycles. The van der Waals surface area contributed by atoms with E-state index in [1.165, 1.54) is 12.8 Å². The molecule has 4 aliphatic rings. The van der Waals surface area contributed by atoms with Crippen LogP contribution < -0.4 is 5.32 Å². The number of hydrogen-bond donors (Lipinski definition) is 1. The maximum absolute atomic E-state index is 12.9. The van der Waals surface area contributed by atoms with E-state index < -0.39 is 23.2 Å². The molecule has 47 heavy (non-hydrogen) atoms. The van der Waals surface area contributed by atoms with Gasteiger partial charge in [0.15, 0.2) is 0 Å². The molecule has 0 heterocycles. The molecule has 4 rings (SSSR count). The topological polar surface area (TPSA) is 136 Å². The van der Waals surface area contributed by atoms with E-state index in [-0.39, 0.29) is 24.2 Å². The van der Waals surface area contributed by atoms with Gasteiger partial charge in [-0.15, -0.1) is 0 Å². The predicted octanol–water partition coefficient (Wildman–Crippen LogP) is 8.16. The lowest BCUT2D eigenvalue weighted by Gasteiger charge is -2.35. The smallest absolute Gasteiger partial charge is 0.395 e. The Bertz CT molecular complexity index is 1090.